The molecule has 1 amide bonds. The second-order valence-electron chi connectivity index (χ2n) is 6.95. The van der Waals surface area contributed by atoms with Crippen LogP contribution < -0.4 is 4.74 Å². The lowest BCUT2D eigenvalue weighted by atomic mass is 10.2. The molecule has 0 aliphatic carbocycles. The number of nitrogens with zero attached hydrogens (tertiary/aromatic N) is 4. The number of piperazine rings is 1. The van der Waals surface area contributed by atoms with E-state index in [0.717, 1.165) is 18.8 Å². The lowest BCUT2D eigenvalue weighted by Gasteiger charge is -2.33. The molecule has 0 bridgehead atoms. The molecule has 26 heavy (non-hydrogen) atoms. The van der Waals surface area contributed by atoms with E-state index in [1.165, 1.54) is 5.56 Å². The Kier molecular flexibility index (Phi) is 5.88. The molecule has 7 nitrogen and oxygen atoms in total. The Morgan fingerprint density at radius 3 is 2.46 bits per heavy atom. The Bertz CT molecular complexity index is 719. The molecular weight excluding hydrogens is 332 g/mol. The Labute approximate surface area is 153 Å². The highest BCUT2D eigenvalue weighted by atomic mass is 16.5. The van der Waals surface area contributed by atoms with Crippen LogP contribution in [0, 0.1) is 6.92 Å². The standard InChI is InChI=1S/C19H26N4O3/c1-14(2)19-21-20-17(26-19)12-22-8-10-23(11-9-22)18(24)13-25-16-6-4-15(3)5-7-16/h4-7,14H,8-13H2,1-3H3. The fourth-order valence-electron chi connectivity index (χ4n) is 2.78. The fourth-order valence-corrected chi connectivity index (χ4v) is 2.78. The van der Waals surface area contributed by atoms with Gasteiger partial charge < -0.3 is 14.1 Å². The summed E-state index contributed by atoms with van der Waals surface area (Å²) in [7, 11) is 0. The van der Waals surface area contributed by atoms with E-state index in [1.54, 1.807) is 0 Å². The van der Waals surface area contributed by atoms with Gasteiger partial charge in [-0.25, -0.2) is 0 Å². The summed E-state index contributed by atoms with van der Waals surface area (Å²) < 4.78 is 11.2. The van der Waals surface area contributed by atoms with Crippen molar-refractivity contribution in [3.05, 3.63) is 41.6 Å². The highest BCUT2D eigenvalue weighted by Crippen LogP contribution is 2.15. The highest BCUT2D eigenvalue weighted by Gasteiger charge is 2.23. The SMILES string of the molecule is Cc1ccc(OCC(=O)N2CCN(Cc3nnc(C(C)C)o3)CC2)cc1. The summed E-state index contributed by atoms with van der Waals surface area (Å²) in [5.41, 5.74) is 1.17. The van der Waals surface area contributed by atoms with Gasteiger partial charge in [-0.1, -0.05) is 31.5 Å². The van der Waals surface area contributed by atoms with Gasteiger partial charge >= 0.3 is 0 Å². The van der Waals surface area contributed by atoms with Crippen LogP contribution in [0.5, 0.6) is 5.75 Å². The average Bonchev–Trinajstić information content (AvgIpc) is 3.10. The number of carbonyl (C=O) groups excluding carboxylic acids is 1. The first-order valence-electron chi connectivity index (χ1n) is 9.03. The van der Waals surface area contributed by atoms with Crippen molar-refractivity contribution in [2.24, 2.45) is 0 Å². The smallest absolute Gasteiger partial charge is 0.260 e. The minimum absolute atomic E-state index is 0.0186. The lowest BCUT2D eigenvalue weighted by Crippen LogP contribution is -2.49. The van der Waals surface area contributed by atoms with E-state index in [4.69, 9.17) is 9.15 Å². The predicted octanol–water partition coefficient (Wildman–Crippen LogP) is 2.22. The van der Waals surface area contributed by atoms with Crippen LogP contribution in [0.25, 0.3) is 0 Å². The van der Waals surface area contributed by atoms with Gasteiger partial charge in [-0.15, -0.1) is 10.2 Å². The zero-order valence-corrected chi connectivity index (χ0v) is 15.6. The summed E-state index contributed by atoms with van der Waals surface area (Å²) in [6, 6.07) is 7.72. The van der Waals surface area contributed by atoms with Crippen molar-refractivity contribution in [1.29, 1.82) is 0 Å². The van der Waals surface area contributed by atoms with Gasteiger partial charge in [-0.05, 0) is 19.1 Å². The molecule has 0 saturated carbocycles. The quantitative estimate of drug-likeness (QED) is 0.788. The Hall–Kier alpha value is -2.41. The first-order chi connectivity index (χ1) is 12.5. The number of rotatable bonds is 6. The minimum atomic E-state index is 0.0186. The van der Waals surface area contributed by atoms with Crippen LogP contribution in [0.4, 0.5) is 0 Å². The van der Waals surface area contributed by atoms with Crippen LogP contribution >= 0.6 is 0 Å². The van der Waals surface area contributed by atoms with Gasteiger partial charge in [0.05, 0.1) is 6.54 Å². The van der Waals surface area contributed by atoms with E-state index in [1.807, 2.05) is 49.9 Å². The van der Waals surface area contributed by atoms with Crippen molar-refractivity contribution in [2.45, 2.75) is 33.2 Å². The third-order valence-corrected chi connectivity index (χ3v) is 4.44. The Balaban J connectivity index is 1.42. The summed E-state index contributed by atoms with van der Waals surface area (Å²) in [5, 5.41) is 8.15. The largest absolute Gasteiger partial charge is 0.484 e. The molecule has 0 unspecified atom stereocenters. The van der Waals surface area contributed by atoms with Crippen molar-refractivity contribution in [1.82, 2.24) is 20.0 Å². The van der Waals surface area contributed by atoms with Crippen LogP contribution in [0.1, 0.15) is 37.1 Å². The van der Waals surface area contributed by atoms with Crippen LogP contribution in [-0.2, 0) is 11.3 Å². The number of amides is 1. The van der Waals surface area contributed by atoms with Crippen LogP contribution in [0.2, 0.25) is 0 Å². The topological polar surface area (TPSA) is 71.7 Å². The molecule has 1 saturated heterocycles. The van der Waals surface area contributed by atoms with E-state index >= 15 is 0 Å². The molecule has 1 aromatic carbocycles. The van der Waals surface area contributed by atoms with Gasteiger partial charge in [-0.2, -0.15) is 0 Å². The zero-order valence-electron chi connectivity index (χ0n) is 15.6. The maximum absolute atomic E-state index is 12.3. The van der Waals surface area contributed by atoms with E-state index in [2.05, 4.69) is 15.1 Å². The van der Waals surface area contributed by atoms with Gasteiger partial charge in [0.2, 0.25) is 11.8 Å². The highest BCUT2D eigenvalue weighted by molar-refractivity contribution is 5.77. The fraction of sp³-hybridized carbons (Fsp3) is 0.526. The Morgan fingerprint density at radius 1 is 1.15 bits per heavy atom. The number of hydrogen-bond donors (Lipinski definition) is 0. The number of aromatic nitrogens is 2. The first kappa shape index (κ1) is 18.4. The molecule has 140 valence electrons. The molecule has 1 aliphatic heterocycles. The Morgan fingerprint density at radius 2 is 1.85 bits per heavy atom. The number of aryl methyl sites for hydroxylation is 1. The van der Waals surface area contributed by atoms with E-state index < -0.39 is 0 Å². The normalized spacial score (nSPS) is 15.5. The van der Waals surface area contributed by atoms with Gasteiger partial charge in [0, 0.05) is 32.1 Å². The van der Waals surface area contributed by atoms with Gasteiger partial charge in [0.1, 0.15) is 5.75 Å². The molecule has 0 radical (unpaired) electrons. The van der Waals surface area contributed by atoms with Crippen molar-refractivity contribution in [2.75, 3.05) is 32.8 Å². The molecule has 1 aromatic heterocycles. The summed E-state index contributed by atoms with van der Waals surface area (Å²) >= 11 is 0. The molecule has 2 heterocycles. The summed E-state index contributed by atoms with van der Waals surface area (Å²) in [6.07, 6.45) is 0. The second kappa shape index (κ2) is 8.31. The first-order valence-corrected chi connectivity index (χ1v) is 9.03. The van der Waals surface area contributed by atoms with E-state index in [-0.39, 0.29) is 18.4 Å². The summed E-state index contributed by atoms with van der Waals surface area (Å²) in [5.74, 6) is 2.28. The zero-order chi connectivity index (χ0) is 18.5. The van der Waals surface area contributed by atoms with Crippen LogP contribution in [0.3, 0.4) is 0 Å². The maximum atomic E-state index is 12.3. The average molecular weight is 358 g/mol. The molecule has 0 atom stereocenters. The number of benzene rings is 1. The van der Waals surface area contributed by atoms with Crippen LogP contribution in [-0.4, -0.2) is 58.7 Å². The van der Waals surface area contributed by atoms with Gasteiger partial charge in [0.25, 0.3) is 5.91 Å². The molecule has 3 rings (SSSR count). The molecule has 1 fully saturated rings. The molecule has 0 N–H and O–H groups in total. The monoisotopic (exact) mass is 358 g/mol. The number of hydrogen-bond acceptors (Lipinski definition) is 6. The number of ether oxygens (including phenoxy) is 1. The van der Waals surface area contributed by atoms with Crippen LogP contribution in [0.15, 0.2) is 28.7 Å². The van der Waals surface area contributed by atoms with Crippen molar-refractivity contribution in [3.63, 3.8) is 0 Å². The van der Waals surface area contributed by atoms with Crippen molar-refractivity contribution >= 4 is 5.91 Å². The van der Waals surface area contributed by atoms with E-state index in [9.17, 15) is 4.79 Å². The molecule has 2 aromatic rings. The third-order valence-electron chi connectivity index (χ3n) is 4.44. The predicted molar refractivity (Wildman–Crippen MR) is 96.9 cm³/mol. The van der Waals surface area contributed by atoms with Gasteiger partial charge in [0.15, 0.2) is 6.61 Å². The summed E-state index contributed by atoms with van der Waals surface area (Å²) in [6.45, 7) is 9.72. The number of carbonyl (C=O) groups is 1. The lowest BCUT2D eigenvalue weighted by molar-refractivity contribution is -0.135. The second-order valence-corrected chi connectivity index (χ2v) is 6.95. The third kappa shape index (κ3) is 4.82. The molecular formula is C19H26N4O3. The van der Waals surface area contributed by atoms with Gasteiger partial charge in [-0.3, -0.25) is 9.69 Å². The molecule has 0 spiro atoms. The van der Waals surface area contributed by atoms with E-state index in [0.29, 0.717) is 31.4 Å². The maximum Gasteiger partial charge on any atom is 0.260 e. The van der Waals surface area contributed by atoms with Crippen molar-refractivity contribution in [3.8, 4) is 5.75 Å². The molecule has 7 heteroatoms. The minimum Gasteiger partial charge on any atom is -0.484 e. The molecule has 1 aliphatic rings. The van der Waals surface area contributed by atoms with Crippen molar-refractivity contribution < 1.29 is 13.9 Å². The summed E-state index contributed by atoms with van der Waals surface area (Å²) in [4.78, 5) is 16.4.